The summed E-state index contributed by atoms with van der Waals surface area (Å²) in [5.41, 5.74) is 6.58. The predicted molar refractivity (Wildman–Crippen MR) is 90.0 cm³/mol. The first kappa shape index (κ1) is 19.4. The van der Waals surface area contributed by atoms with Crippen molar-refractivity contribution in [1.29, 1.82) is 0 Å². The molecule has 5 heteroatoms. The Hall–Kier alpha value is -0.580. The molecule has 0 atom stereocenters. The Bertz CT molecular complexity index is 401. The lowest BCUT2D eigenvalue weighted by atomic mass is 10.1. The van der Waals surface area contributed by atoms with E-state index >= 15 is 0 Å². The maximum atomic E-state index is 12.0. The molecule has 1 aromatic carbocycles. The van der Waals surface area contributed by atoms with Crippen molar-refractivity contribution in [3.05, 3.63) is 34.3 Å². The highest BCUT2D eigenvalue weighted by Crippen LogP contribution is 2.17. The van der Waals surface area contributed by atoms with E-state index in [2.05, 4.69) is 15.9 Å². The van der Waals surface area contributed by atoms with Gasteiger partial charge in [-0.25, -0.2) is 0 Å². The molecule has 0 spiro atoms. The van der Waals surface area contributed by atoms with Crippen molar-refractivity contribution in [1.82, 2.24) is 4.90 Å². The van der Waals surface area contributed by atoms with E-state index in [0.29, 0.717) is 13.0 Å². The number of nitrogens with zero attached hydrogens (tertiary/aromatic N) is 1. The van der Waals surface area contributed by atoms with Crippen LogP contribution >= 0.6 is 28.3 Å². The molecule has 0 unspecified atom stereocenters. The molecule has 20 heavy (non-hydrogen) atoms. The van der Waals surface area contributed by atoms with Crippen LogP contribution in [0.3, 0.4) is 0 Å². The molecule has 0 aliphatic rings. The third-order valence-electron chi connectivity index (χ3n) is 3.14. The fraction of sp³-hybridized carbons (Fsp3) is 0.533. The molecule has 0 aliphatic heterocycles. The van der Waals surface area contributed by atoms with E-state index in [1.165, 1.54) is 0 Å². The second-order valence-electron chi connectivity index (χ2n) is 4.79. The van der Waals surface area contributed by atoms with Gasteiger partial charge in [0.1, 0.15) is 0 Å². The second kappa shape index (κ2) is 11.1. The van der Waals surface area contributed by atoms with Crippen molar-refractivity contribution >= 4 is 34.2 Å². The topological polar surface area (TPSA) is 46.3 Å². The Balaban J connectivity index is 0.00000361. The van der Waals surface area contributed by atoms with Crippen molar-refractivity contribution < 1.29 is 4.79 Å². The van der Waals surface area contributed by atoms with Gasteiger partial charge in [-0.3, -0.25) is 4.79 Å². The summed E-state index contributed by atoms with van der Waals surface area (Å²) < 4.78 is 1.05. The summed E-state index contributed by atoms with van der Waals surface area (Å²) >= 11 is 3.51. The zero-order chi connectivity index (χ0) is 14.1. The lowest BCUT2D eigenvalue weighted by Crippen LogP contribution is -2.26. The summed E-state index contributed by atoms with van der Waals surface area (Å²) in [5, 5.41) is 0. The van der Waals surface area contributed by atoms with E-state index < -0.39 is 0 Å². The standard InChI is InChI=1S/C15H23BrN2O.ClH/c1-18(12-13-8-5-6-9-14(13)16)15(19)10-4-2-3-7-11-17;/h5-6,8-9H,2-4,7,10-12,17H2,1H3;1H. The third-order valence-corrected chi connectivity index (χ3v) is 3.91. The van der Waals surface area contributed by atoms with Crippen LogP contribution in [0.2, 0.25) is 0 Å². The minimum Gasteiger partial charge on any atom is -0.341 e. The molecule has 3 nitrogen and oxygen atoms in total. The van der Waals surface area contributed by atoms with Gasteiger partial charge >= 0.3 is 0 Å². The number of rotatable bonds is 8. The molecule has 0 radical (unpaired) electrons. The highest BCUT2D eigenvalue weighted by atomic mass is 79.9. The molecule has 0 fully saturated rings. The molecule has 114 valence electrons. The smallest absolute Gasteiger partial charge is 0.222 e. The summed E-state index contributed by atoms with van der Waals surface area (Å²) in [6, 6.07) is 8.01. The molecule has 0 aromatic heterocycles. The number of hydrogen-bond acceptors (Lipinski definition) is 2. The first-order chi connectivity index (χ1) is 9.15. The molecule has 1 amide bonds. The van der Waals surface area contributed by atoms with Crippen LogP contribution in [-0.4, -0.2) is 24.4 Å². The number of amides is 1. The second-order valence-corrected chi connectivity index (χ2v) is 5.65. The van der Waals surface area contributed by atoms with Crippen molar-refractivity contribution in [3.8, 4) is 0 Å². The van der Waals surface area contributed by atoms with Crippen LogP contribution in [0.1, 0.15) is 37.7 Å². The first-order valence-corrected chi connectivity index (χ1v) is 7.62. The minimum absolute atomic E-state index is 0. The van der Waals surface area contributed by atoms with Gasteiger partial charge in [-0.2, -0.15) is 0 Å². The number of nitrogens with two attached hydrogens (primary N) is 1. The van der Waals surface area contributed by atoms with Gasteiger partial charge in [-0.1, -0.05) is 47.0 Å². The van der Waals surface area contributed by atoms with E-state index in [-0.39, 0.29) is 18.3 Å². The zero-order valence-corrected chi connectivity index (χ0v) is 14.4. The minimum atomic E-state index is 0. The van der Waals surface area contributed by atoms with E-state index in [1.807, 2.05) is 31.3 Å². The largest absolute Gasteiger partial charge is 0.341 e. The quantitative estimate of drug-likeness (QED) is 0.715. The fourth-order valence-electron chi connectivity index (χ4n) is 1.94. The normalized spacial score (nSPS) is 9.95. The zero-order valence-electron chi connectivity index (χ0n) is 12.0. The van der Waals surface area contributed by atoms with Gasteiger partial charge in [0.05, 0.1) is 0 Å². The van der Waals surface area contributed by atoms with Gasteiger partial charge in [0.2, 0.25) is 5.91 Å². The third kappa shape index (κ3) is 7.27. The highest BCUT2D eigenvalue weighted by Gasteiger charge is 2.10. The van der Waals surface area contributed by atoms with Crippen molar-refractivity contribution in [3.63, 3.8) is 0 Å². The molecule has 1 rings (SSSR count). The average molecular weight is 364 g/mol. The van der Waals surface area contributed by atoms with Gasteiger partial charge in [0.15, 0.2) is 0 Å². The monoisotopic (exact) mass is 362 g/mol. The number of carbonyl (C=O) groups is 1. The van der Waals surface area contributed by atoms with E-state index in [9.17, 15) is 4.79 Å². The van der Waals surface area contributed by atoms with Crippen LogP contribution in [0.5, 0.6) is 0 Å². The van der Waals surface area contributed by atoms with Crippen LogP contribution in [0, 0.1) is 0 Å². The molecule has 0 saturated heterocycles. The van der Waals surface area contributed by atoms with Crippen molar-refractivity contribution in [2.45, 2.75) is 38.6 Å². The van der Waals surface area contributed by atoms with Gasteiger partial charge in [-0.05, 0) is 31.0 Å². The Kier molecular flexibility index (Phi) is 10.8. The number of halogens is 2. The average Bonchev–Trinajstić information content (AvgIpc) is 2.41. The van der Waals surface area contributed by atoms with E-state index in [0.717, 1.165) is 42.3 Å². The van der Waals surface area contributed by atoms with E-state index in [1.54, 1.807) is 4.90 Å². The Morgan fingerprint density at radius 1 is 1.20 bits per heavy atom. The summed E-state index contributed by atoms with van der Waals surface area (Å²) in [4.78, 5) is 13.8. The molecule has 0 aliphatic carbocycles. The molecule has 0 heterocycles. The van der Waals surface area contributed by atoms with E-state index in [4.69, 9.17) is 5.73 Å². The van der Waals surface area contributed by atoms with Crippen LogP contribution in [0.15, 0.2) is 28.7 Å². The molecular formula is C15H24BrClN2O. The molecule has 2 N–H and O–H groups in total. The lowest BCUT2D eigenvalue weighted by molar-refractivity contribution is -0.130. The number of benzene rings is 1. The summed E-state index contributed by atoms with van der Waals surface area (Å²) in [6.45, 7) is 1.40. The van der Waals surface area contributed by atoms with Gasteiger partial charge < -0.3 is 10.6 Å². The molecule has 1 aromatic rings. The van der Waals surface area contributed by atoms with Crippen LogP contribution in [-0.2, 0) is 11.3 Å². The van der Waals surface area contributed by atoms with Gasteiger partial charge in [0.25, 0.3) is 0 Å². The molecular weight excluding hydrogens is 340 g/mol. The number of hydrogen-bond donors (Lipinski definition) is 1. The van der Waals surface area contributed by atoms with Gasteiger partial charge in [0, 0.05) is 24.5 Å². The number of carbonyl (C=O) groups excluding carboxylic acids is 1. The number of unbranched alkanes of at least 4 members (excludes halogenated alkanes) is 3. The molecule has 0 saturated carbocycles. The van der Waals surface area contributed by atoms with Crippen LogP contribution in [0.25, 0.3) is 0 Å². The maximum absolute atomic E-state index is 12.0. The van der Waals surface area contributed by atoms with Gasteiger partial charge in [-0.15, -0.1) is 12.4 Å². The Morgan fingerprint density at radius 2 is 1.85 bits per heavy atom. The van der Waals surface area contributed by atoms with Crippen LogP contribution in [0.4, 0.5) is 0 Å². The maximum Gasteiger partial charge on any atom is 0.222 e. The first-order valence-electron chi connectivity index (χ1n) is 6.82. The van der Waals surface area contributed by atoms with Crippen LogP contribution < -0.4 is 5.73 Å². The van der Waals surface area contributed by atoms with Crippen molar-refractivity contribution in [2.75, 3.05) is 13.6 Å². The SMILES string of the molecule is CN(Cc1ccccc1Br)C(=O)CCCCCCN.Cl. The molecule has 0 bridgehead atoms. The highest BCUT2D eigenvalue weighted by molar-refractivity contribution is 9.10. The Labute approximate surface area is 136 Å². The van der Waals surface area contributed by atoms with Crippen molar-refractivity contribution in [2.24, 2.45) is 5.73 Å². The summed E-state index contributed by atoms with van der Waals surface area (Å²) in [6.07, 6.45) is 4.86. The lowest BCUT2D eigenvalue weighted by Gasteiger charge is -2.18. The summed E-state index contributed by atoms with van der Waals surface area (Å²) in [5.74, 6) is 0.212. The predicted octanol–water partition coefficient (Wildman–Crippen LogP) is 3.74. The Morgan fingerprint density at radius 3 is 2.50 bits per heavy atom. The fourth-order valence-corrected chi connectivity index (χ4v) is 2.35. The summed E-state index contributed by atoms with van der Waals surface area (Å²) in [7, 11) is 1.86.